The number of aryl methyl sites for hydroxylation is 2. The summed E-state index contributed by atoms with van der Waals surface area (Å²) in [7, 11) is -4.14. The smallest absolute Gasteiger partial charge is 0.264 e. The minimum Gasteiger partial charge on any atom is -0.352 e. The maximum Gasteiger partial charge on any atom is 0.264 e. The summed E-state index contributed by atoms with van der Waals surface area (Å²) in [5.41, 5.74) is 2.89. The molecule has 3 aromatic rings. The van der Waals surface area contributed by atoms with Gasteiger partial charge in [-0.05, 0) is 81.5 Å². The maximum absolute atomic E-state index is 14.1. The lowest BCUT2D eigenvalue weighted by Gasteiger charge is -2.34. The molecule has 0 saturated carbocycles. The van der Waals surface area contributed by atoms with Crippen LogP contribution >= 0.6 is 11.6 Å². The van der Waals surface area contributed by atoms with Gasteiger partial charge in [0.2, 0.25) is 11.8 Å². The lowest BCUT2D eigenvalue weighted by Crippen LogP contribution is -2.54. The van der Waals surface area contributed by atoms with Crippen LogP contribution in [0.1, 0.15) is 50.3 Å². The number of halogens is 1. The Morgan fingerprint density at radius 2 is 1.59 bits per heavy atom. The van der Waals surface area contributed by atoms with E-state index in [0.717, 1.165) is 21.9 Å². The summed E-state index contributed by atoms with van der Waals surface area (Å²) in [5.74, 6) is -0.712. The third-order valence-corrected chi connectivity index (χ3v) is 9.20. The van der Waals surface area contributed by atoms with Gasteiger partial charge in [0.05, 0.1) is 10.6 Å². The molecule has 1 N–H and O–H groups in total. The van der Waals surface area contributed by atoms with E-state index in [0.29, 0.717) is 29.1 Å². The number of nitrogens with zero attached hydrogens (tertiary/aromatic N) is 2. The van der Waals surface area contributed by atoms with Crippen molar-refractivity contribution in [3.63, 3.8) is 0 Å². The highest BCUT2D eigenvalue weighted by Crippen LogP contribution is 2.29. The van der Waals surface area contributed by atoms with Gasteiger partial charge in [0.15, 0.2) is 0 Å². The highest BCUT2D eigenvalue weighted by Gasteiger charge is 2.34. The Labute approximate surface area is 249 Å². The molecular formula is C32H40ClN3O4S. The minimum atomic E-state index is -4.14. The summed E-state index contributed by atoms with van der Waals surface area (Å²) in [6.07, 6.45) is 1.65. The molecule has 2 unspecified atom stereocenters. The first-order valence-electron chi connectivity index (χ1n) is 14.0. The lowest BCUT2D eigenvalue weighted by atomic mass is 10.1. The van der Waals surface area contributed by atoms with Crippen LogP contribution in [0.5, 0.6) is 0 Å². The number of rotatable bonds is 13. The summed E-state index contributed by atoms with van der Waals surface area (Å²) in [6, 6.07) is 20.3. The predicted octanol–water partition coefficient (Wildman–Crippen LogP) is 5.92. The SMILES string of the molecule is CCC(C)NC(=O)C(CC)N(CCc1ccccc1)C(=O)CN(c1ccc(Cl)cc1C)S(=O)(=O)c1ccc(C)cc1. The molecule has 0 bridgehead atoms. The Hall–Kier alpha value is -3.36. The molecule has 2 atom stereocenters. The van der Waals surface area contributed by atoms with Gasteiger partial charge in [0.25, 0.3) is 10.0 Å². The number of hydrogen-bond acceptors (Lipinski definition) is 4. The van der Waals surface area contributed by atoms with E-state index in [-0.39, 0.29) is 23.4 Å². The van der Waals surface area contributed by atoms with Crippen LogP contribution in [0.3, 0.4) is 0 Å². The quantitative estimate of drug-likeness (QED) is 0.265. The maximum atomic E-state index is 14.1. The van der Waals surface area contributed by atoms with Crippen molar-refractivity contribution in [1.82, 2.24) is 10.2 Å². The number of sulfonamides is 1. The first-order chi connectivity index (χ1) is 19.5. The minimum absolute atomic E-state index is 0.0576. The van der Waals surface area contributed by atoms with Gasteiger partial charge >= 0.3 is 0 Å². The molecular weight excluding hydrogens is 558 g/mol. The predicted molar refractivity (Wildman–Crippen MR) is 166 cm³/mol. The average Bonchev–Trinajstić information content (AvgIpc) is 2.94. The van der Waals surface area contributed by atoms with Crippen LogP contribution in [0.2, 0.25) is 5.02 Å². The lowest BCUT2D eigenvalue weighted by molar-refractivity contribution is -0.139. The second-order valence-corrected chi connectivity index (χ2v) is 12.6. The Bertz CT molecular complexity index is 1430. The molecule has 3 rings (SSSR count). The number of nitrogens with one attached hydrogen (secondary N) is 1. The van der Waals surface area contributed by atoms with Crippen LogP contribution < -0.4 is 9.62 Å². The van der Waals surface area contributed by atoms with E-state index in [9.17, 15) is 18.0 Å². The molecule has 0 aliphatic carbocycles. The van der Waals surface area contributed by atoms with Crippen LogP contribution in [0.4, 0.5) is 5.69 Å². The molecule has 0 aliphatic heterocycles. The summed E-state index contributed by atoms with van der Waals surface area (Å²) in [5, 5.41) is 3.46. The largest absolute Gasteiger partial charge is 0.352 e. The van der Waals surface area contributed by atoms with Crippen molar-refractivity contribution >= 4 is 39.1 Å². The van der Waals surface area contributed by atoms with Crippen molar-refractivity contribution in [3.8, 4) is 0 Å². The summed E-state index contributed by atoms with van der Waals surface area (Å²) >= 11 is 6.19. The van der Waals surface area contributed by atoms with Crippen LogP contribution in [0, 0.1) is 13.8 Å². The van der Waals surface area contributed by atoms with Gasteiger partial charge in [0, 0.05) is 17.6 Å². The van der Waals surface area contributed by atoms with Crippen LogP contribution in [0.25, 0.3) is 0 Å². The molecule has 2 amide bonds. The topological polar surface area (TPSA) is 86.8 Å². The van der Waals surface area contributed by atoms with E-state index in [1.165, 1.54) is 17.0 Å². The number of hydrogen-bond donors (Lipinski definition) is 1. The number of carbonyl (C=O) groups is 2. The second kappa shape index (κ2) is 14.5. The summed E-state index contributed by atoms with van der Waals surface area (Å²) < 4.78 is 29.2. The summed E-state index contributed by atoms with van der Waals surface area (Å²) in [6.45, 7) is 9.17. The molecule has 0 aliphatic rings. The van der Waals surface area contributed by atoms with E-state index in [2.05, 4.69) is 5.32 Å². The highest BCUT2D eigenvalue weighted by molar-refractivity contribution is 7.92. The Kier molecular flexibility index (Phi) is 11.4. The van der Waals surface area contributed by atoms with Crippen molar-refractivity contribution in [3.05, 3.63) is 94.5 Å². The zero-order valence-corrected chi connectivity index (χ0v) is 26.0. The fourth-order valence-electron chi connectivity index (χ4n) is 4.59. The molecule has 0 aromatic heterocycles. The molecule has 0 radical (unpaired) electrons. The van der Waals surface area contributed by atoms with Gasteiger partial charge < -0.3 is 10.2 Å². The van der Waals surface area contributed by atoms with Crippen molar-refractivity contribution in [2.24, 2.45) is 0 Å². The molecule has 0 fully saturated rings. The van der Waals surface area contributed by atoms with E-state index in [1.54, 1.807) is 37.3 Å². The second-order valence-electron chi connectivity index (χ2n) is 10.3. The Morgan fingerprint density at radius 1 is 0.927 bits per heavy atom. The van der Waals surface area contributed by atoms with Gasteiger partial charge in [-0.2, -0.15) is 0 Å². The van der Waals surface area contributed by atoms with Gasteiger partial charge in [-0.25, -0.2) is 8.42 Å². The monoisotopic (exact) mass is 597 g/mol. The number of amides is 2. The number of anilines is 1. The van der Waals surface area contributed by atoms with Crippen molar-refractivity contribution in [1.29, 1.82) is 0 Å². The first-order valence-corrected chi connectivity index (χ1v) is 15.8. The Balaban J connectivity index is 2.04. The van der Waals surface area contributed by atoms with Gasteiger partial charge in [-0.1, -0.05) is 73.5 Å². The molecule has 41 heavy (non-hydrogen) atoms. The third kappa shape index (κ3) is 8.33. The normalized spacial score (nSPS) is 12.8. The van der Waals surface area contributed by atoms with E-state index in [4.69, 9.17) is 11.6 Å². The molecule has 7 nitrogen and oxygen atoms in total. The fraction of sp³-hybridized carbons (Fsp3) is 0.375. The number of carbonyl (C=O) groups excluding carboxylic acids is 2. The molecule has 0 heterocycles. The van der Waals surface area contributed by atoms with Gasteiger partial charge in [-0.3, -0.25) is 13.9 Å². The molecule has 0 saturated heterocycles. The summed E-state index contributed by atoms with van der Waals surface area (Å²) in [4.78, 5) is 29.1. The Morgan fingerprint density at radius 3 is 2.17 bits per heavy atom. The molecule has 3 aromatic carbocycles. The highest BCUT2D eigenvalue weighted by atomic mass is 35.5. The van der Waals surface area contributed by atoms with Gasteiger partial charge in [-0.15, -0.1) is 0 Å². The van der Waals surface area contributed by atoms with Crippen molar-refractivity contribution in [2.75, 3.05) is 17.4 Å². The average molecular weight is 598 g/mol. The molecule has 220 valence electrons. The van der Waals surface area contributed by atoms with E-state index >= 15 is 0 Å². The molecule has 9 heteroatoms. The standard InChI is InChI=1S/C32H40ClN3O4S/c1-6-25(5)34-32(38)29(7-2)35(20-19-26-11-9-8-10-12-26)31(37)22-36(30-18-15-27(33)21-24(30)4)41(39,40)28-16-13-23(3)14-17-28/h8-18,21,25,29H,6-7,19-20,22H2,1-5H3,(H,34,38). The van der Waals surface area contributed by atoms with Crippen LogP contribution in [-0.4, -0.2) is 50.3 Å². The third-order valence-electron chi connectivity index (χ3n) is 7.19. The van der Waals surface area contributed by atoms with Crippen molar-refractivity contribution in [2.45, 2.75) is 70.9 Å². The van der Waals surface area contributed by atoms with Crippen LogP contribution in [0.15, 0.2) is 77.7 Å². The van der Waals surface area contributed by atoms with Crippen molar-refractivity contribution < 1.29 is 18.0 Å². The van der Waals surface area contributed by atoms with Crippen LogP contribution in [-0.2, 0) is 26.0 Å². The van der Waals surface area contributed by atoms with E-state index < -0.39 is 28.5 Å². The fourth-order valence-corrected chi connectivity index (χ4v) is 6.29. The zero-order chi connectivity index (χ0) is 30.2. The number of benzene rings is 3. The first kappa shape index (κ1) is 32.2. The molecule has 0 spiro atoms. The van der Waals surface area contributed by atoms with E-state index in [1.807, 2.05) is 58.0 Å². The zero-order valence-electron chi connectivity index (χ0n) is 24.4. The van der Waals surface area contributed by atoms with Gasteiger partial charge in [0.1, 0.15) is 12.6 Å².